The largest absolute Gasteiger partial charge is 0.495 e. The van der Waals surface area contributed by atoms with Crippen LogP contribution in [0.5, 0.6) is 11.5 Å². The van der Waals surface area contributed by atoms with E-state index >= 15 is 0 Å². The molecule has 0 unspecified atom stereocenters. The maximum absolute atomic E-state index is 12.4. The normalized spacial score (nSPS) is 11.1. The summed E-state index contributed by atoms with van der Waals surface area (Å²) in [6.45, 7) is 0. The summed E-state index contributed by atoms with van der Waals surface area (Å²) in [5.74, 6) is -0.304. The molecular weight excluding hydrogens is 369 g/mol. The third-order valence-corrected chi connectivity index (χ3v) is 4.80. The first kappa shape index (κ1) is 17.3. The molecule has 0 N–H and O–H groups in total. The molecule has 0 radical (unpaired) electrons. The third-order valence-electron chi connectivity index (χ3n) is 2.74. The minimum Gasteiger partial charge on any atom is -0.495 e. The zero-order valence-corrected chi connectivity index (χ0v) is 13.9. The molecule has 0 saturated heterocycles. The van der Waals surface area contributed by atoms with Gasteiger partial charge in [-0.15, -0.1) is 0 Å². The van der Waals surface area contributed by atoms with Crippen LogP contribution in [0.2, 0.25) is 10.0 Å². The van der Waals surface area contributed by atoms with Crippen molar-refractivity contribution in [2.75, 3.05) is 7.11 Å². The summed E-state index contributed by atoms with van der Waals surface area (Å²) in [4.78, 5) is 9.60. The predicted molar refractivity (Wildman–Crippen MR) is 83.9 cm³/mol. The fourth-order valence-electron chi connectivity index (χ4n) is 1.69. The third kappa shape index (κ3) is 3.66. The molecule has 0 aliphatic rings. The van der Waals surface area contributed by atoms with E-state index in [1.54, 1.807) is 0 Å². The number of rotatable bonds is 5. The molecule has 0 atom stereocenters. The topological polar surface area (TPSA) is 95.7 Å². The van der Waals surface area contributed by atoms with Crippen molar-refractivity contribution in [3.05, 3.63) is 56.6 Å². The van der Waals surface area contributed by atoms with E-state index in [9.17, 15) is 18.5 Å². The minimum absolute atomic E-state index is 0.0952. The molecule has 0 aromatic heterocycles. The SMILES string of the molecule is COc1ccc([N+](=O)[O-])cc1S(=O)(=O)Oc1cccc(Cl)c1Cl. The number of ether oxygens (including phenoxy) is 1. The first-order valence-corrected chi connectivity index (χ1v) is 8.13. The van der Waals surface area contributed by atoms with Gasteiger partial charge in [0.1, 0.15) is 10.8 Å². The molecular formula is C13H9Cl2NO6S. The summed E-state index contributed by atoms with van der Waals surface area (Å²) in [6, 6.07) is 7.32. The number of hydrogen-bond acceptors (Lipinski definition) is 6. The van der Waals surface area contributed by atoms with E-state index in [4.69, 9.17) is 32.1 Å². The zero-order valence-electron chi connectivity index (χ0n) is 11.5. The van der Waals surface area contributed by atoms with E-state index in [0.717, 1.165) is 18.2 Å². The van der Waals surface area contributed by atoms with Crippen molar-refractivity contribution in [2.45, 2.75) is 4.90 Å². The Morgan fingerprint density at radius 3 is 2.43 bits per heavy atom. The molecule has 2 aromatic rings. The van der Waals surface area contributed by atoms with E-state index in [-0.39, 0.29) is 21.5 Å². The Labute approximate surface area is 141 Å². The van der Waals surface area contributed by atoms with Crippen LogP contribution in [0.3, 0.4) is 0 Å². The number of halogens is 2. The van der Waals surface area contributed by atoms with Gasteiger partial charge in [-0.05, 0) is 18.2 Å². The number of nitro groups is 1. The van der Waals surface area contributed by atoms with E-state index in [1.165, 1.54) is 25.3 Å². The van der Waals surface area contributed by atoms with Crippen molar-refractivity contribution in [1.82, 2.24) is 0 Å². The average Bonchev–Trinajstić information content (AvgIpc) is 2.51. The summed E-state index contributed by atoms with van der Waals surface area (Å²) >= 11 is 11.7. The standard InChI is InChI=1S/C13H9Cl2NO6S/c1-21-10-6-5-8(16(17)18)7-12(10)23(19,20)22-11-4-2-3-9(14)13(11)15/h2-7H,1H3. The highest BCUT2D eigenvalue weighted by Crippen LogP contribution is 2.35. The number of non-ortho nitro benzene ring substituents is 1. The molecule has 0 spiro atoms. The van der Waals surface area contributed by atoms with Gasteiger partial charge in [-0.2, -0.15) is 8.42 Å². The van der Waals surface area contributed by atoms with Crippen LogP contribution in [-0.2, 0) is 10.1 Å². The minimum atomic E-state index is -4.42. The van der Waals surface area contributed by atoms with Gasteiger partial charge in [-0.1, -0.05) is 29.3 Å². The molecule has 0 aliphatic carbocycles. The molecule has 0 amide bonds. The van der Waals surface area contributed by atoms with Gasteiger partial charge in [0.2, 0.25) is 0 Å². The van der Waals surface area contributed by atoms with Gasteiger partial charge in [0.25, 0.3) is 5.69 Å². The van der Waals surface area contributed by atoms with Crippen molar-refractivity contribution < 1.29 is 22.3 Å². The Morgan fingerprint density at radius 2 is 1.83 bits per heavy atom. The maximum atomic E-state index is 12.4. The van der Waals surface area contributed by atoms with Gasteiger partial charge in [0.15, 0.2) is 10.6 Å². The second-order valence-electron chi connectivity index (χ2n) is 4.18. The van der Waals surface area contributed by atoms with Crippen LogP contribution in [0.25, 0.3) is 0 Å². The van der Waals surface area contributed by atoms with Gasteiger partial charge < -0.3 is 8.92 Å². The highest BCUT2D eigenvalue weighted by molar-refractivity contribution is 7.87. The molecule has 122 valence electrons. The Balaban J connectivity index is 2.53. The lowest BCUT2D eigenvalue weighted by molar-refractivity contribution is -0.385. The second kappa shape index (κ2) is 6.61. The molecule has 0 aliphatic heterocycles. The van der Waals surface area contributed by atoms with E-state index in [0.29, 0.717) is 0 Å². The monoisotopic (exact) mass is 377 g/mol. The van der Waals surface area contributed by atoms with Crippen LogP contribution in [0.1, 0.15) is 0 Å². The number of benzene rings is 2. The highest BCUT2D eigenvalue weighted by Gasteiger charge is 2.26. The van der Waals surface area contributed by atoms with Crippen molar-refractivity contribution in [3.63, 3.8) is 0 Å². The van der Waals surface area contributed by atoms with Gasteiger partial charge in [-0.3, -0.25) is 10.1 Å². The number of hydrogen-bond donors (Lipinski definition) is 0. The smallest absolute Gasteiger partial charge is 0.343 e. The molecule has 0 bridgehead atoms. The summed E-state index contributed by atoms with van der Waals surface area (Å²) in [7, 11) is -3.20. The lowest BCUT2D eigenvalue weighted by Crippen LogP contribution is -2.12. The summed E-state index contributed by atoms with van der Waals surface area (Å²) in [6.07, 6.45) is 0. The first-order valence-electron chi connectivity index (χ1n) is 5.97. The van der Waals surface area contributed by atoms with Crippen LogP contribution in [-0.4, -0.2) is 20.5 Å². The molecule has 0 saturated carbocycles. The Kier molecular flexibility index (Phi) is 4.98. The number of nitro benzene ring substituents is 1. The Bertz CT molecular complexity index is 869. The first-order chi connectivity index (χ1) is 10.8. The molecule has 2 aromatic carbocycles. The Morgan fingerprint density at radius 1 is 1.13 bits per heavy atom. The number of nitrogens with zero attached hydrogens (tertiary/aromatic N) is 1. The zero-order chi connectivity index (χ0) is 17.2. The quantitative estimate of drug-likeness (QED) is 0.447. The molecule has 23 heavy (non-hydrogen) atoms. The van der Waals surface area contributed by atoms with Crippen molar-refractivity contribution in [1.29, 1.82) is 0 Å². The maximum Gasteiger partial charge on any atom is 0.343 e. The lowest BCUT2D eigenvalue weighted by atomic mass is 10.3. The van der Waals surface area contributed by atoms with Gasteiger partial charge in [0.05, 0.1) is 17.1 Å². The molecule has 7 nitrogen and oxygen atoms in total. The van der Waals surface area contributed by atoms with Crippen LogP contribution in [0.15, 0.2) is 41.3 Å². The highest BCUT2D eigenvalue weighted by atomic mass is 35.5. The van der Waals surface area contributed by atoms with Crippen LogP contribution in [0.4, 0.5) is 5.69 Å². The van der Waals surface area contributed by atoms with Crippen LogP contribution >= 0.6 is 23.2 Å². The molecule has 2 rings (SSSR count). The lowest BCUT2D eigenvalue weighted by Gasteiger charge is -2.11. The van der Waals surface area contributed by atoms with Crippen molar-refractivity contribution >= 4 is 39.0 Å². The average molecular weight is 378 g/mol. The predicted octanol–water partition coefficient (Wildman–Crippen LogP) is 3.68. The molecule has 10 heteroatoms. The summed E-state index contributed by atoms with van der Waals surface area (Å²) in [5, 5.41) is 10.8. The van der Waals surface area contributed by atoms with E-state index < -0.39 is 25.6 Å². The fourth-order valence-corrected chi connectivity index (χ4v) is 3.19. The van der Waals surface area contributed by atoms with Crippen molar-refractivity contribution in [2.24, 2.45) is 0 Å². The number of methoxy groups -OCH3 is 1. The van der Waals surface area contributed by atoms with Crippen LogP contribution < -0.4 is 8.92 Å². The van der Waals surface area contributed by atoms with Gasteiger partial charge in [-0.25, -0.2) is 0 Å². The van der Waals surface area contributed by atoms with Gasteiger partial charge >= 0.3 is 10.1 Å². The molecule has 0 heterocycles. The van der Waals surface area contributed by atoms with E-state index in [2.05, 4.69) is 0 Å². The summed E-state index contributed by atoms with van der Waals surface area (Å²) in [5.41, 5.74) is -0.426. The Hall–Kier alpha value is -2.03. The van der Waals surface area contributed by atoms with Crippen LogP contribution in [0, 0.1) is 10.1 Å². The summed E-state index contributed by atoms with van der Waals surface area (Å²) < 4.78 is 34.6. The van der Waals surface area contributed by atoms with Crippen molar-refractivity contribution in [3.8, 4) is 11.5 Å². The van der Waals surface area contributed by atoms with E-state index in [1.807, 2.05) is 0 Å². The van der Waals surface area contributed by atoms with Gasteiger partial charge in [0, 0.05) is 12.1 Å². The molecule has 0 fully saturated rings. The second-order valence-corrected chi connectivity index (χ2v) is 6.48. The fraction of sp³-hybridized carbons (Fsp3) is 0.0769.